The van der Waals surface area contributed by atoms with Gasteiger partial charge in [0, 0.05) is 88.9 Å². The van der Waals surface area contributed by atoms with Gasteiger partial charge >= 0.3 is 11.9 Å². The van der Waals surface area contributed by atoms with Crippen molar-refractivity contribution >= 4 is 33.7 Å². The van der Waals surface area contributed by atoms with Gasteiger partial charge in [-0.05, 0) is 80.5 Å². The van der Waals surface area contributed by atoms with Crippen molar-refractivity contribution in [1.82, 2.24) is 20.2 Å². The molecule has 5 N–H and O–H groups in total. The first-order valence-electron chi connectivity index (χ1n) is 19.5. The van der Waals surface area contributed by atoms with E-state index < -0.39 is 22.9 Å². The minimum atomic E-state index is -1.21. The van der Waals surface area contributed by atoms with Gasteiger partial charge in [-0.1, -0.05) is 29.8 Å². The third-order valence-corrected chi connectivity index (χ3v) is 14.5. The Balaban J connectivity index is 1.30. The summed E-state index contributed by atoms with van der Waals surface area (Å²) in [5, 5.41) is 28.2. The number of nitrogens with one attached hydrogen (secondary N) is 3. The fraction of sp³-hybridized carbons (Fsp3) is 0.535. The fourth-order valence-corrected chi connectivity index (χ4v) is 12.1. The molecule has 6 aliphatic rings. The molecule has 286 valence electrons. The van der Waals surface area contributed by atoms with Crippen molar-refractivity contribution in [3.63, 3.8) is 0 Å². The average Bonchev–Trinajstić information content (AvgIpc) is 3.53. The molecule has 0 spiro atoms. The maximum atomic E-state index is 14.3. The lowest BCUT2D eigenvalue weighted by Gasteiger charge is -2.50. The van der Waals surface area contributed by atoms with E-state index in [1.165, 1.54) is 14.2 Å². The molecule has 6 bridgehead atoms. The summed E-state index contributed by atoms with van der Waals surface area (Å²) in [6.45, 7) is 6.38. The number of aromatic amines is 2. The summed E-state index contributed by atoms with van der Waals surface area (Å²) in [6, 6.07) is 12.2. The molecule has 2 aliphatic carbocycles. The van der Waals surface area contributed by atoms with E-state index in [0.29, 0.717) is 38.1 Å². The third kappa shape index (κ3) is 4.80. The van der Waals surface area contributed by atoms with Crippen LogP contribution < -0.4 is 10.1 Å². The molecule has 10 rings (SSSR count). The summed E-state index contributed by atoms with van der Waals surface area (Å²) in [6.07, 6.45) is 4.15. The molecule has 2 aromatic heterocycles. The zero-order valence-electron chi connectivity index (χ0n) is 31.8. The van der Waals surface area contributed by atoms with Gasteiger partial charge in [0.05, 0.1) is 34.0 Å². The minimum Gasteiger partial charge on any atom is -0.496 e. The van der Waals surface area contributed by atoms with Crippen LogP contribution in [0.5, 0.6) is 5.75 Å². The number of esters is 2. The Morgan fingerprint density at radius 2 is 1.81 bits per heavy atom. The van der Waals surface area contributed by atoms with Crippen LogP contribution in [0.2, 0.25) is 0 Å². The molecule has 0 radical (unpaired) electrons. The predicted octanol–water partition coefficient (Wildman–Crippen LogP) is 4.69. The molecule has 1 saturated carbocycles. The Kier molecular flexibility index (Phi) is 8.53. The molecule has 4 fully saturated rings. The standard InChI is InChI=1S/C43H52N4O7/c1-6-24-17-44-37-14-30-25-9-7-8-10-34(25)45-38(30)29(13-32(24)43(37,21-48)41(51)54-5)28-12-27-31-19-47-18-23-11-26(22(2)49)33(20-47)42(16-23,40(50)53-4)39(31)46-35(27)15-36(28)52-3/h6-10,12,15,22-23,26,29,32-33,37,44-46,48-49H,11,13-14,16-21H2,1-5H3. The lowest BCUT2D eigenvalue weighted by atomic mass is 9.56. The van der Waals surface area contributed by atoms with E-state index in [1.54, 1.807) is 7.11 Å². The summed E-state index contributed by atoms with van der Waals surface area (Å²) in [7, 11) is 4.59. The highest BCUT2D eigenvalue weighted by atomic mass is 16.5. The van der Waals surface area contributed by atoms with Crippen molar-refractivity contribution in [3.8, 4) is 5.75 Å². The second-order valence-electron chi connectivity index (χ2n) is 16.7. The lowest BCUT2D eigenvalue weighted by molar-refractivity contribution is -0.164. The van der Waals surface area contributed by atoms with Crippen molar-refractivity contribution < 1.29 is 34.0 Å². The molecular formula is C43H52N4O7. The molecule has 3 saturated heterocycles. The number of carbonyl (C=O) groups excluding carboxylic acids is 2. The van der Waals surface area contributed by atoms with E-state index in [4.69, 9.17) is 14.2 Å². The van der Waals surface area contributed by atoms with E-state index in [2.05, 4.69) is 50.5 Å². The number of para-hydroxylation sites is 1. The molecule has 10 atom stereocenters. The minimum absolute atomic E-state index is 0.0260. The van der Waals surface area contributed by atoms with Crippen molar-refractivity contribution in [2.45, 2.75) is 69.6 Å². The van der Waals surface area contributed by atoms with E-state index in [9.17, 15) is 19.8 Å². The van der Waals surface area contributed by atoms with E-state index in [0.717, 1.165) is 75.0 Å². The molecule has 10 unspecified atom stereocenters. The normalized spacial score (nSPS) is 34.1. The first-order chi connectivity index (χ1) is 26.1. The smallest absolute Gasteiger partial charge is 0.318 e. The van der Waals surface area contributed by atoms with Crippen LogP contribution in [0.4, 0.5) is 0 Å². The van der Waals surface area contributed by atoms with Gasteiger partial charge in [-0.3, -0.25) is 14.5 Å². The number of methoxy groups -OCH3 is 3. The van der Waals surface area contributed by atoms with Crippen molar-refractivity contribution in [2.24, 2.45) is 29.1 Å². The maximum absolute atomic E-state index is 14.3. The molecule has 6 heterocycles. The summed E-state index contributed by atoms with van der Waals surface area (Å²) in [5.41, 5.74) is 6.00. The number of benzene rings is 2. The van der Waals surface area contributed by atoms with Crippen LogP contribution in [0, 0.1) is 29.1 Å². The second-order valence-corrected chi connectivity index (χ2v) is 16.7. The van der Waals surface area contributed by atoms with Gasteiger partial charge in [-0.15, -0.1) is 0 Å². The number of aliphatic hydroxyl groups excluding tert-OH is 2. The maximum Gasteiger partial charge on any atom is 0.318 e. The number of hydrogen-bond donors (Lipinski definition) is 5. The number of rotatable bonds is 6. The number of allylic oxidation sites excluding steroid dienone is 1. The van der Waals surface area contributed by atoms with Crippen molar-refractivity contribution in [1.29, 1.82) is 0 Å². The quantitative estimate of drug-likeness (QED) is 0.141. The number of fused-ring (bicyclic) bond motifs is 9. The van der Waals surface area contributed by atoms with Gasteiger partial charge in [0.15, 0.2) is 0 Å². The summed E-state index contributed by atoms with van der Waals surface area (Å²) in [5.74, 6) is -0.380. The molecule has 11 heteroatoms. The molecule has 54 heavy (non-hydrogen) atoms. The number of aliphatic hydroxyl groups is 2. The van der Waals surface area contributed by atoms with Gasteiger partial charge in [0.25, 0.3) is 0 Å². The topological polar surface area (TPSA) is 149 Å². The number of piperidine rings is 1. The van der Waals surface area contributed by atoms with E-state index in [-0.39, 0.29) is 48.2 Å². The second kappa shape index (κ2) is 13.0. The van der Waals surface area contributed by atoms with E-state index >= 15 is 0 Å². The molecule has 11 nitrogen and oxygen atoms in total. The van der Waals surface area contributed by atoms with Crippen LogP contribution in [0.25, 0.3) is 21.8 Å². The van der Waals surface area contributed by atoms with Crippen LogP contribution in [-0.2, 0) is 37.4 Å². The number of hydrogen-bond acceptors (Lipinski definition) is 9. The Bertz CT molecular complexity index is 2190. The number of aromatic nitrogens is 2. The Morgan fingerprint density at radius 3 is 2.54 bits per heavy atom. The molecule has 4 aromatic rings. The first-order valence-corrected chi connectivity index (χ1v) is 19.5. The van der Waals surface area contributed by atoms with Gasteiger partial charge in [0.2, 0.25) is 0 Å². The third-order valence-electron chi connectivity index (χ3n) is 14.5. The van der Waals surface area contributed by atoms with Gasteiger partial charge in [0.1, 0.15) is 16.6 Å². The largest absolute Gasteiger partial charge is 0.496 e. The summed E-state index contributed by atoms with van der Waals surface area (Å²) < 4.78 is 17.5. The highest BCUT2D eigenvalue weighted by Crippen LogP contribution is 2.58. The number of nitrogens with zero attached hydrogens (tertiary/aromatic N) is 1. The van der Waals surface area contributed by atoms with Gasteiger partial charge in [-0.25, -0.2) is 0 Å². The van der Waals surface area contributed by atoms with Crippen LogP contribution in [0.15, 0.2) is 48.0 Å². The zero-order valence-corrected chi connectivity index (χ0v) is 31.8. The van der Waals surface area contributed by atoms with Gasteiger partial charge < -0.3 is 39.7 Å². The predicted molar refractivity (Wildman–Crippen MR) is 204 cm³/mol. The Labute approximate surface area is 315 Å². The molecule has 4 aliphatic heterocycles. The van der Waals surface area contributed by atoms with Crippen LogP contribution in [0.3, 0.4) is 0 Å². The van der Waals surface area contributed by atoms with Crippen molar-refractivity contribution in [2.75, 3.05) is 47.6 Å². The lowest BCUT2D eigenvalue weighted by Crippen LogP contribution is -2.63. The summed E-state index contributed by atoms with van der Waals surface area (Å²) >= 11 is 0. The molecule has 0 amide bonds. The number of carbonyl (C=O) groups is 2. The number of H-pyrrole nitrogens is 2. The van der Waals surface area contributed by atoms with E-state index in [1.807, 2.05) is 26.0 Å². The zero-order chi connectivity index (χ0) is 37.7. The Hall–Kier alpha value is -4.16. The average molecular weight is 737 g/mol. The Morgan fingerprint density at radius 1 is 1.02 bits per heavy atom. The van der Waals surface area contributed by atoms with Gasteiger partial charge in [-0.2, -0.15) is 0 Å². The van der Waals surface area contributed by atoms with Crippen LogP contribution in [-0.4, -0.2) is 96.7 Å². The first kappa shape index (κ1) is 35.5. The molecular weight excluding hydrogens is 684 g/mol. The summed E-state index contributed by atoms with van der Waals surface area (Å²) in [4.78, 5) is 38.4. The molecule has 2 aromatic carbocycles. The number of ether oxygens (including phenoxy) is 3. The highest BCUT2D eigenvalue weighted by Gasteiger charge is 2.62. The fourth-order valence-electron chi connectivity index (χ4n) is 12.1. The monoisotopic (exact) mass is 736 g/mol. The SMILES string of the molecule is CC=C1CNC2Cc3c([nH]c4ccccc34)C(c3cc4c5c([nH]c4cc3OC)C3(C(=O)OC)CC4CC(C(C)O)C3CN(C5)C4)CC1C2(CO)C(=O)OC. The highest BCUT2D eigenvalue weighted by molar-refractivity contribution is 5.93. The van der Waals surface area contributed by atoms with Crippen molar-refractivity contribution in [3.05, 3.63) is 76.1 Å². The van der Waals surface area contributed by atoms with Crippen LogP contribution in [0.1, 0.15) is 67.1 Å². The van der Waals surface area contributed by atoms with Crippen LogP contribution >= 0.6 is 0 Å².